The fraction of sp³-hybridized carbons (Fsp3) is 0.250. The van der Waals surface area contributed by atoms with Gasteiger partial charge in [0.25, 0.3) is 11.8 Å². The summed E-state index contributed by atoms with van der Waals surface area (Å²) in [5.74, 6) is -0.422. The van der Waals surface area contributed by atoms with Gasteiger partial charge in [0, 0.05) is 17.0 Å². The van der Waals surface area contributed by atoms with Gasteiger partial charge in [-0.15, -0.1) is 11.3 Å². The quantitative estimate of drug-likeness (QED) is 0.280. The van der Waals surface area contributed by atoms with Crippen LogP contribution in [0, 0.1) is 13.8 Å². The van der Waals surface area contributed by atoms with Crippen LogP contribution in [0.2, 0.25) is 0 Å². The van der Waals surface area contributed by atoms with Gasteiger partial charge in [0.05, 0.1) is 11.3 Å². The Bertz CT molecular complexity index is 1440. The Labute approximate surface area is 213 Å². The van der Waals surface area contributed by atoms with Crippen molar-refractivity contribution in [3.63, 3.8) is 0 Å². The van der Waals surface area contributed by atoms with Crippen LogP contribution in [0.3, 0.4) is 0 Å². The third kappa shape index (κ3) is 4.77. The molecule has 2 aromatic heterocycles. The molecule has 2 amide bonds. The normalized spacial score (nSPS) is 12.7. The number of hydrogen-bond donors (Lipinski definition) is 4. The molecule has 7 nitrogen and oxygen atoms in total. The number of amides is 2. The Morgan fingerprint density at radius 2 is 1.83 bits per heavy atom. The second kappa shape index (κ2) is 9.99. The average Bonchev–Trinajstić information content (AvgIpc) is 3.50. The van der Waals surface area contributed by atoms with Crippen LogP contribution in [-0.2, 0) is 19.4 Å². The lowest BCUT2D eigenvalue weighted by Gasteiger charge is -2.13. The molecule has 1 aliphatic rings. The van der Waals surface area contributed by atoms with E-state index in [9.17, 15) is 14.7 Å². The highest BCUT2D eigenvalue weighted by molar-refractivity contribution is 7.17. The molecule has 0 radical (unpaired) electrons. The minimum atomic E-state index is -0.381. The van der Waals surface area contributed by atoms with Crippen LogP contribution >= 0.6 is 11.3 Å². The van der Waals surface area contributed by atoms with Gasteiger partial charge < -0.3 is 15.7 Å². The van der Waals surface area contributed by atoms with Crippen molar-refractivity contribution in [3.05, 3.63) is 86.9 Å². The fourth-order valence-corrected chi connectivity index (χ4v) is 5.94. The smallest absolute Gasteiger partial charge is 0.274 e. The lowest BCUT2D eigenvalue weighted by atomic mass is 9.95. The number of carbonyl (C=O) groups is 2. The van der Waals surface area contributed by atoms with Crippen molar-refractivity contribution in [3.8, 4) is 17.0 Å². The summed E-state index contributed by atoms with van der Waals surface area (Å²) in [6, 6.07) is 15.1. The number of thiophene rings is 1. The van der Waals surface area contributed by atoms with E-state index in [1.165, 1.54) is 11.3 Å². The molecule has 2 heterocycles. The average molecular weight is 501 g/mol. The van der Waals surface area contributed by atoms with Crippen LogP contribution in [0.15, 0.2) is 48.5 Å². The molecule has 4 aromatic rings. The number of anilines is 1. The van der Waals surface area contributed by atoms with E-state index < -0.39 is 0 Å². The topological polar surface area (TPSA) is 107 Å². The number of benzene rings is 2. The first-order valence-corrected chi connectivity index (χ1v) is 12.9. The molecule has 0 spiro atoms. The summed E-state index contributed by atoms with van der Waals surface area (Å²) in [6.07, 6.45) is 3.85. The standard InChI is InChI=1S/C28H28N4O3S/c1-16-12-17(2)25(33)20(13-16)21-14-22(32-31-21)26(34)30-28-24(19-10-6-7-11-23(19)36-28)27(35)29-15-18-8-4-3-5-9-18/h3-5,8-9,12-14,33H,6-7,10-11,15H2,1-2H3,(H,29,35)(H,30,34)(H,31,32). The van der Waals surface area contributed by atoms with Gasteiger partial charge in [-0.2, -0.15) is 5.10 Å². The summed E-state index contributed by atoms with van der Waals surface area (Å²) in [6.45, 7) is 4.19. The number of aromatic amines is 1. The highest BCUT2D eigenvalue weighted by Crippen LogP contribution is 2.38. The molecule has 2 aromatic carbocycles. The van der Waals surface area contributed by atoms with E-state index in [1.54, 1.807) is 6.07 Å². The number of aromatic hydroxyl groups is 1. The number of aromatic nitrogens is 2. The van der Waals surface area contributed by atoms with E-state index >= 15 is 0 Å². The Hall–Kier alpha value is -3.91. The van der Waals surface area contributed by atoms with Crippen molar-refractivity contribution in [2.24, 2.45) is 0 Å². The highest BCUT2D eigenvalue weighted by Gasteiger charge is 2.27. The van der Waals surface area contributed by atoms with E-state index in [0.717, 1.165) is 52.8 Å². The number of carbonyl (C=O) groups excluding carboxylic acids is 2. The molecule has 0 fully saturated rings. The molecule has 36 heavy (non-hydrogen) atoms. The molecule has 0 bridgehead atoms. The van der Waals surface area contributed by atoms with Gasteiger partial charge >= 0.3 is 0 Å². The number of rotatable bonds is 6. The number of nitrogens with one attached hydrogen (secondary N) is 3. The van der Waals surface area contributed by atoms with Crippen molar-refractivity contribution in [2.45, 2.75) is 46.1 Å². The molecule has 0 atom stereocenters. The maximum absolute atomic E-state index is 13.3. The van der Waals surface area contributed by atoms with Crippen molar-refractivity contribution >= 4 is 28.2 Å². The summed E-state index contributed by atoms with van der Waals surface area (Å²) in [5, 5.41) is 24.0. The second-order valence-electron chi connectivity index (χ2n) is 9.18. The van der Waals surface area contributed by atoms with E-state index in [0.29, 0.717) is 28.4 Å². The molecular weight excluding hydrogens is 472 g/mol. The minimum Gasteiger partial charge on any atom is -0.507 e. The molecule has 5 rings (SSSR count). The molecule has 4 N–H and O–H groups in total. The predicted molar refractivity (Wildman–Crippen MR) is 142 cm³/mol. The lowest BCUT2D eigenvalue weighted by Crippen LogP contribution is -2.25. The third-order valence-corrected chi connectivity index (χ3v) is 7.67. The monoisotopic (exact) mass is 500 g/mol. The minimum absolute atomic E-state index is 0.141. The van der Waals surface area contributed by atoms with Crippen LogP contribution in [0.1, 0.15) is 60.8 Å². The Morgan fingerprint density at radius 3 is 2.64 bits per heavy atom. The Morgan fingerprint density at radius 1 is 1.06 bits per heavy atom. The van der Waals surface area contributed by atoms with E-state index in [-0.39, 0.29) is 23.3 Å². The molecule has 0 unspecified atom stereocenters. The van der Waals surface area contributed by atoms with Gasteiger partial charge in [0.2, 0.25) is 0 Å². The van der Waals surface area contributed by atoms with Gasteiger partial charge in [-0.1, -0.05) is 36.4 Å². The maximum Gasteiger partial charge on any atom is 0.274 e. The SMILES string of the molecule is Cc1cc(C)c(O)c(-c2cc(C(=O)Nc3sc4c(c3C(=O)NCc3ccccc3)CCCC4)[nH]n2)c1. The first kappa shape index (κ1) is 23.8. The highest BCUT2D eigenvalue weighted by atomic mass is 32.1. The molecule has 0 aliphatic heterocycles. The van der Waals surface area contributed by atoms with Crippen molar-refractivity contribution < 1.29 is 14.7 Å². The zero-order valence-corrected chi connectivity index (χ0v) is 21.1. The number of aryl methyl sites for hydroxylation is 3. The number of fused-ring (bicyclic) bond motifs is 1. The van der Waals surface area contributed by atoms with Gasteiger partial charge in [-0.25, -0.2) is 0 Å². The number of phenolic OH excluding ortho intramolecular Hbond substituents is 1. The molecule has 8 heteroatoms. The van der Waals surface area contributed by atoms with Gasteiger partial charge in [0.1, 0.15) is 16.4 Å². The third-order valence-electron chi connectivity index (χ3n) is 6.46. The number of H-pyrrole nitrogens is 1. The van der Waals surface area contributed by atoms with Crippen LogP contribution < -0.4 is 10.6 Å². The second-order valence-corrected chi connectivity index (χ2v) is 10.3. The Balaban J connectivity index is 1.39. The largest absolute Gasteiger partial charge is 0.507 e. The van der Waals surface area contributed by atoms with Crippen LogP contribution in [0.25, 0.3) is 11.3 Å². The zero-order chi connectivity index (χ0) is 25.2. The Kier molecular flexibility index (Phi) is 6.61. The van der Waals surface area contributed by atoms with E-state index in [1.807, 2.05) is 56.3 Å². The summed E-state index contributed by atoms with van der Waals surface area (Å²) in [7, 11) is 0. The van der Waals surface area contributed by atoms with Crippen molar-refractivity contribution in [2.75, 3.05) is 5.32 Å². The molecule has 184 valence electrons. The van der Waals surface area contributed by atoms with Crippen LogP contribution in [0.5, 0.6) is 5.75 Å². The molecule has 0 saturated heterocycles. The zero-order valence-electron chi connectivity index (χ0n) is 20.3. The first-order valence-electron chi connectivity index (χ1n) is 12.0. The summed E-state index contributed by atoms with van der Waals surface area (Å²) < 4.78 is 0. The molecule has 0 saturated carbocycles. The summed E-state index contributed by atoms with van der Waals surface area (Å²) in [4.78, 5) is 27.6. The lowest BCUT2D eigenvalue weighted by molar-refractivity contribution is 0.0951. The fourth-order valence-electron chi connectivity index (χ4n) is 4.66. The predicted octanol–water partition coefficient (Wildman–Crippen LogP) is 5.52. The van der Waals surface area contributed by atoms with Crippen molar-refractivity contribution in [1.29, 1.82) is 0 Å². The molecular formula is C28H28N4O3S. The number of nitrogens with zero attached hydrogens (tertiary/aromatic N) is 1. The van der Waals surface area contributed by atoms with E-state index in [4.69, 9.17) is 0 Å². The summed E-state index contributed by atoms with van der Waals surface area (Å²) >= 11 is 1.48. The van der Waals surface area contributed by atoms with Gasteiger partial charge in [-0.05, 0) is 73.9 Å². The van der Waals surface area contributed by atoms with Gasteiger partial charge in [0.15, 0.2) is 0 Å². The van der Waals surface area contributed by atoms with Crippen LogP contribution in [0.4, 0.5) is 5.00 Å². The van der Waals surface area contributed by atoms with Gasteiger partial charge in [-0.3, -0.25) is 14.7 Å². The first-order chi connectivity index (χ1) is 17.4. The number of hydrogen-bond acceptors (Lipinski definition) is 5. The van der Waals surface area contributed by atoms with Crippen LogP contribution in [-0.4, -0.2) is 27.1 Å². The number of phenols is 1. The van der Waals surface area contributed by atoms with Crippen molar-refractivity contribution in [1.82, 2.24) is 15.5 Å². The van der Waals surface area contributed by atoms with E-state index in [2.05, 4.69) is 20.8 Å². The maximum atomic E-state index is 13.3. The molecule has 1 aliphatic carbocycles. The summed E-state index contributed by atoms with van der Waals surface area (Å²) in [5.41, 5.74) is 5.65.